The molecule has 0 bridgehead atoms. The van der Waals surface area contributed by atoms with Crippen molar-refractivity contribution in [3.63, 3.8) is 0 Å². The standard InChI is InChI=1S/C21H25N3O3/c1-3-27-20(25)17-6-10-19(11-7-17)23-12-14-24(15-13-23)21(26)22-18-8-4-16(2)5-9-18/h4-11H,3,12-15H2,1-2H3,(H,22,26). The fraction of sp³-hybridized carbons (Fsp3) is 0.333. The maximum absolute atomic E-state index is 12.4. The lowest BCUT2D eigenvalue weighted by Crippen LogP contribution is -2.50. The average molecular weight is 367 g/mol. The van der Waals surface area contributed by atoms with Crippen LogP contribution in [0.1, 0.15) is 22.8 Å². The second-order valence-electron chi connectivity index (χ2n) is 6.54. The van der Waals surface area contributed by atoms with Crippen molar-refractivity contribution >= 4 is 23.4 Å². The predicted molar refractivity (Wildman–Crippen MR) is 106 cm³/mol. The zero-order valence-electron chi connectivity index (χ0n) is 15.8. The highest BCUT2D eigenvalue weighted by Gasteiger charge is 2.21. The maximum atomic E-state index is 12.4. The van der Waals surface area contributed by atoms with E-state index in [-0.39, 0.29) is 12.0 Å². The third kappa shape index (κ3) is 4.78. The number of esters is 1. The van der Waals surface area contributed by atoms with Crippen molar-refractivity contribution in [3.8, 4) is 0 Å². The quantitative estimate of drug-likeness (QED) is 0.840. The van der Waals surface area contributed by atoms with E-state index in [1.165, 1.54) is 0 Å². The average Bonchev–Trinajstić information content (AvgIpc) is 2.70. The van der Waals surface area contributed by atoms with Crippen molar-refractivity contribution in [2.24, 2.45) is 0 Å². The second-order valence-corrected chi connectivity index (χ2v) is 6.54. The molecule has 1 aliphatic heterocycles. The summed E-state index contributed by atoms with van der Waals surface area (Å²) in [6, 6.07) is 15.1. The van der Waals surface area contributed by atoms with Crippen LogP contribution in [-0.4, -0.2) is 49.7 Å². The molecule has 1 N–H and O–H groups in total. The number of hydrogen-bond donors (Lipinski definition) is 1. The van der Waals surface area contributed by atoms with E-state index in [1.807, 2.05) is 48.2 Å². The number of nitrogens with one attached hydrogen (secondary N) is 1. The number of rotatable bonds is 4. The summed E-state index contributed by atoms with van der Waals surface area (Å²) >= 11 is 0. The molecule has 27 heavy (non-hydrogen) atoms. The molecule has 0 atom stereocenters. The lowest BCUT2D eigenvalue weighted by atomic mass is 10.2. The van der Waals surface area contributed by atoms with Gasteiger partial charge < -0.3 is 19.9 Å². The number of urea groups is 1. The van der Waals surface area contributed by atoms with Crippen LogP contribution in [0.4, 0.5) is 16.2 Å². The highest BCUT2D eigenvalue weighted by molar-refractivity contribution is 5.90. The molecular formula is C21H25N3O3. The van der Waals surface area contributed by atoms with Crippen LogP contribution in [-0.2, 0) is 4.74 Å². The van der Waals surface area contributed by atoms with E-state index in [4.69, 9.17) is 4.74 Å². The van der Waals surface area contributed by atoms with Crippen molar-refractivity contribution < 1.29 is 14.3 Å². The van der Waals surface area contributed by atoms with Gasteiger partial charge in [-0.25, -0.2) is 9.59 Å². The molecule has 2 amide bonds. The van der Waals surface area contributed by atoms with E-state index in [2.05, 4.69) is 10.2 Å². The molecule has 6 heteroatoms. The Balaban J connectivity index is 1.53. The Morgan fingerprint density at radius 1 is 0.963 bits per heavy atom. The van der Waals surface area contributed by atoms with Crippen molar-refractivity contribution in [2.45, 2.75) is 13.8 Å². The number of anilines is 2. The topological polar surface area (TPSA) is 61.9 Å². The highest BCUT2D eigenvalue weighted by Crippen LogP contribution is 2.18. The molecule has 0 aromatic heterocycles. The van der Waals surface area contributed by atoms with Crippen LogP contribution >= 0.6 is 0 Å². The number of carbonyl (C=O) groups excluding carboxylic acids is 2. The molecule has 142 valence electrons. The highest BCUT2D eigenvalue weighted by atomic mass is 16.5. The Hall–Kier alpha value is -3.02. The molecule has 0 radical (unpaired) electrons. The number of aryl methyl sites for hydroxylation is 1. The summed E-state index contributed by atoms with van der Waals surface area (Å²) in [5, 5.41) is 2.94. The van der Waals surface area contributed by atoms with Gasteiger partial charge in [-0.2, -0.15) is 0 Å². The van der Waals surface area contributed by atoms with Crippen LogP contribution in [0, 0.1) is 6.92 Å². The molecule has 1 saturated heterocycles. The van der Waals surface area contributed by atoms with Gasteiger partial charge in [0.25, 0.3) is 0 Å². The molecule has 0 saturated carbocycles. The van der Waals surface area contributed by atoms with Crippen molar-refractivity contribution in [1.82, 2.24) is 4.90 Å². The van der Waals surface area contributed by atoms with Crippen molar-refractivity contribution in [2.75, 3.05) is 43.0 Å². The molecule has 0 unspecified atom stereocenters. The largest absolute Gasteiger partial charge is 0.462 e. The fourth-order valence-electron chi connectivity index (χ4n) is 3.03. The van der Waals surface area contributed by atoms with Gasteiger partial charge in [-0.1, -0.05) is 17.7 Å². The maximum Gasteiger partial charge on any atom is 0.338 e. The number of benzene rings is 2. The van der Waals surface area contributed by atoms with Gasteiger partial charge in [-0.15, -0.1) is 0 Å². The van der Waals surface area contributed by atoms with Crippen LogP contribution in [0.15, 0.2) is 48.5 Å². The summed E-state index contributed by atoms with van der Waals surface area (Å²) in [5.41, 5.74) is 3.57. The Kier molecular flexibility index (Phi) is 5.96. The Bertz CT molecular complexity index is 779. The first-order chi connectivity index (χ1) is 13.1. The number of nitrogens with zero attached hydrogens (tertiary/aromatic N) is 2. The van der Waals surface area contributed by atoms with E-state index in [0.29, 0.717) is 25.3 Å². The van der Waals surface area contributed by atoms with Crippen LogP contribution in [0.2, 0.25) is 0 Å². The van der Waals surface area contributed by atoms with Crippen LogP contribution in [0.3, 0.4) is 0 Å². The van der Waals surface area contributed by atoms with E-state index >= 15 is 0 Å². The molecular weight excluding hydrogens is 342 g/mol. The molecule has 1 aliphatic rings. The van der Waals surface area contributed by atoms with E-state index in [9.17, 15) is 9.59 Å². The van der Waals surface area contributed by atoms with Crippen LogP contribution in [0.25, 0.3) is 0 Å². The van der Waals surface area contributed by atoms with Crippen molar-refractivity contribution in [3.05, 3.63) is 59.7 Å². The fourth-order valence-corrected chi connectivity index (χ4v) is 3.03. The van der Waals surface area contributed by atoms with Gasteiger partial charge in [-0.05, 0) is 50.2 Å². The number of hydrogen-bond acceptors (Lipinski definition) is 4. The van der Waals surface area contributed by atoms with E-state index in [0.717, 1.165) is 30.0 Å². The van der Waals surface area contributed by atoms with Gasteiger partial charge >= 0.3 is 12.0 Å². The number of piperazine rings is 1. The third-order valence-electron chi connectivity index (χ3n) is 4.61. The summed E-state index contributed by atoms with van der Waals surface area (Å²) in [6.07, 6.45) is 0. The zero-order valence-corrected chi connectivity index (χ0v) is 15.8. The number of carbonyl (C=O) groups is 2. The molecule has 2 aromatic carbocycles. The normalized spacial score (nSPS) is 14.0. The van der Waals surface area contributed by atoms with Crippen LogP contribution in [0.5, 0.6) is 0 Å². The lowest BCUT2D eigenvalue weighted by molar-refractivity contribution is 0.0526. The van der Waals surface area contributed by atoms with E-state index in [1.54, 1.807) is 19.1 Å². The Labute approximate surface area is 159 Å². The summed E-state index contributed by atoms with van der Waals surface area (Å²) in [6.45, 7) is 6.98. The van der Waals surface area contributed by atoms with E-state index < -0.39 is 0 Å². The molecule has 2 aromatic rings. The number of amides is 2. The minimum absolute atomic E-state index is 0.0730. The molecule has 0 aliphatic carbocycles. The Morgan fingerprint density at radius 3 is 2.19 bits per heavy atom. The monoisotopic (exact) mass is 367 g/mol. The van der Waals surface area contributed by atoms with Gasteiger partial charge in [0.2, 0.25) is 0 Å². The first kappa shape index (κ1) is 18.8. The van der Waals surface area contributed by atoms with Gasteiger partial charge in [0.1, 0.15) is 0 Å². The smallest absolute Gasteiger partial charge is 0.338 e. The summed E-state index contributed by atoms with van der Waals surface area (Å²) in [5.74, 6) is -0.304. The minimum Gasteiger partial charge on any atom is -0.462 e. The minimum atomic E-state index is -0.304. The summed E-state index contributed by atoms with van der Waals surface area (Å²) < 4.78 is 5.01. The number of ether oxygens (including phenoxy) is 1. The SMILES string of the molecule is CCOC(=O)c1ccc(N2CCN(C(=O)Nc3ccc(C)cc3)CC2)cc1. The van der Waals surface area contributed by atoms with Gasteiger partial charge in [0.05, 0.1) is 12.2 Å². The molecule has 0 spiro atoms. The third-order valence-corrected chi connectivity index (χ3v) is 4.61. The van der Waals surface area contributed by atoms with Crippen molar-refractivity contribution in [1.29, 1.82) is 0 Å². The van der Waals surface area contributed by atoms with Gasteiger partial charge in [-0.3, -0.25) is 0 Å². The molecule has 1 heterocycles. The second kappa shape index (κ2) is 8.58. The molecule has 3 rings (SSSR count). The Morgan fingerprint density at radius 2 is 1.59 bits per heavy atom. The van der Waals surface area contributed by atoms with Gasteiger partial charge in [0.15, 0.2) is 0 Å². The predicted octanol–water partition coefficient (Wildman–Crippen LogP) is 3.53. The summed E-state index contributed by atoms with van der Waals surface area (Å²) in [4.78, 5) is 28.2. The molecule has 1 fully saturated rings. The first-order valence-electron chi connectivity index (χ1n) is 9.21. The summed E-state index contributed by atoms with van der Waals surface area (Å²) in [7, 11) is 0. The first-order valence-corrected chi connectivity index (χ1v) is 9.21. The molecule has 6 nitrogen and oxygen atoms in total. The zero-order chi connectivity index (χ0) is 19.2. The van der Waals surface area contributed by atoms with Crippen LogP contribution < -0.4 is 10.2 Å². The lowest BCUT2D eigenvalue weighted by Gasteiger charge is -2.36. The van der Waals surface area contributed by atoms with Gasteiger partial charge in [0, 0.05) is 37.6 Å².